The van der Waals surface area contributed by atoms with E-state index in [9.17, 15) is 10.1 Å². The van der Waals surface area contributed by atoms with Gasteiger partial charge in [-0.2, -0.15) is 5.26 Å². The van der Waals surface area contributed by atoms with Crippen molar-refractivity contribution in [2.45, 2.75) is 18.9 Å². The van der Waals surface area contributed by atoms with Crippen LogP contribution >= 0.6 is 11.3 Å². The van der Waals surface area contributed by atoms with Gasteiger partial charge in [0.15, 0.2) is 0 Å². The highest BCUT2D eigenvalue weighted by atomic mass is 32.1. The van der Waals surface area contributed by atoms with E-state index in [0.717, 1.165) is 28.1 Å². The largest absolute Gasteiger partial charge is 0.478 e. The molecule has 2 aromatic heterocycles. The molecular formula is C22H18N2O4S. The number of aromatic carboxylic acids is 1. The van der Waals surface area contributed by atoms with Crippen LogP contribution in [0.2, 0.25) is 0 Å². The van der Waals surface area contributed by atoms with E-state index >= 15 is 0 Å². The van der Waals surface area contributed by atoms with Crippen LogP contribution in [0.5, 0.6) is 5.88 Å². The summed E-state index contributed by atoms with van der Waals surface area (Å²) in [5, 5.41) is 20.8. The lowest BCUT2D eigenvalue weighted by atomic mass is 9.94. The molecular weight excluding hydrogens is 388 g/mol. The predicted octanol–water partition coefficient (Wildman–Crippen LogP) is 4.46. The molecule has 0 aliphatic carbocycles. The molecule has 1 aromatic carbocycles. The zero-order chi connectivity index (χ0) is 20.2. The fourth-order valence-electron chi connectivity index (χ4n) is 3.30. The van der Waals surface area contributed by atoms with Crippen molar-refractivity contribution in [3.8, 4) is 22.5 Å². The molecule has 1 aliphatic rings. The quantitative estimate of drug-likeness (QED) is 0.650. The summed E-state index contributed by atoms with van der Waals surface area (Å²) in [4.78, 5) is 16.6. The molecule has 4 rings (SSSR count). The van der Waals surface area contributed by atoms with Gasteiger partial charge < -0.3 is 14.6 Å². The predicted molar refractivity (Wildman–Crippen MR) is 108 cm³/mol. The third kappa shape index (κ3) is 4.14. The van der Waals surface area contributed by atoms with Gasteiger partial charge in [-0.3, -0.25) is 0 Å². The Balaban J connectivity index is 1.67. The van der Waals surface area contributed by atoms with Crippen molar-refractivity contribution in [1.29, 1.82) is 5.26 Å². The van der Waals surface area contributed by atoms with Crippen molar-refractivity contribution in [1.82, 2.24) is 4.98 Å². The second-order valence-electron chi connectivity index (χ2n) is 6.72. The van der Waals surface area contributed by atoms with Crippen LogP contribution in [0.4, 0.5) is 0 Å². The van der Waals surface area contributed by atoms with E-state index in [1.807, 2.05) is 23.6 Å². The molecule has 0 amide bonds. The van der Waals surface area contributed by atoms with Crippen molar-refractivity contribution in [3.05, 3.63) is 70.1 Å². The standard InChI is InChI=1S/C22H18N2O4S/c23-11-18-17(16-7-8-27-13-16)10-19(20-2-1-9-29-20)24-21(18)28-12-14-3-5-15(6-4-14)22(25)26/h1-6,9-10,16H,7-8,12-13H2,(H,25,26). The summed E-state index contributed by atoms with van der Waals surface area (Å²) >= 11 is 1.58. The Kier molecular flexibility index (Phi) is 5.56. The first kappa shape index (κ1) is 19.1. The number of pyridine rings is 1. The Morgan fingerprint density at radius 2 is 2.17 bits per heavy atom. The van der Waals surface area contributed by atoms with E-state index in [0.29, 0.717) is 24.7 Å². The molecule has 1 unspecified atom stereocenters. The van der Waals surface area contributed by atoms with Gasteiger partial charge in [-0.1, -0.05) is 18.2 Å². The van der Waals surface area contributed by atoms with Gasteiger partial charge in [0.2, 0.25) is 5.88 Å². The number of hydrogen-bond acceptors (Lipinski definition) is 6. The minimum absolute atomic E-state index is 0.142. The lowest BCUT2D eigenvalue weighted by Gasteiger charge is -2.16. The molecule has 6 nitrogen and oxygen atoms in total. The third-order valence-electron chi connectivity index (χ3n) is 4.85. The average molecular weight is 406 g/mol. The fraction of sp³-hybridized carbons (Fsp3) is 0.227. The van der Waals surface area contributed by atoms with E-state index in [1.165, 1.54) is 12.1 Å². The highest BCUT2D eigenvalue weighted by molar-refractivity contribution is 7.13. The molecule has 146 valence electrons. The fourth-order valence-corrected chi connectivity index (χ4v) is 3.99. The molecule has 0 radical (unpaired) electrons. The van der Waals surface area contributed by atoms with Crippen LogP contribution in [0, 0.1) is 11.3 Å². The molecule has 1 aliphatic heterocycles. The smallest absolute Gasteiger partial charge is 0.335 e. The highest BCUT2D eigenvalue weighted by Gasteiger charge is 2.25. The van der Waals surface area contributed by atoms with Crippen molar-refractivity contribution in [3.63, 3.8) is 0 Å². The molecule has 7 heteroatoms. The number of carboxylic acids is 1. The number of nitrogens with zero attached hydrogens (tertiary/aromatic N) is 2. The molecule has 3 heterocycles. The molecule has 1 saturated heterocycles. The van der Waals surface area contributed by atoms with Gasteiger partial charge in [-0.15, -0.1) is 11.3 Å². The second-order valence-corrected chi connectivity index (χ2v) is 7.66. The van der Waals surface area contributed by atoms with Crippen molar-refractivity contribution >= 4 is 17.3 Å². The van der Waals surface area contributed by atoms with Crippen molar-refractivity contribution in [2.75, 3.05) is 13.2 Å². The Morgan fingerprint density at radius 3 is 2.79 bits per heavy atom. The zero-order valence-corrected chi connectivity index (χ0v) is 16.3. The summed E-state index contributed by atoms with van der Waals surface area (Å²) in [7, 11) is 0. The van der Waals surface area contributed by atoms with Gasteiger partial charge in [-0.05, 0) is 47.2 Å². The minimum atomic E-state index is -0.974. The maximum Gasteiger partial charge on any atom is 0.335 e. The number of benzene rings is 1. The number of carbonyl (C=O) groups is 1. The Labute approximate surface area is 172 Å². The summed E-state index contributed by atoms with van der Waals surface area (Å²) in [5.74, 6) is -0.538. The van der Waals surface area contributed by atoms with Gasteiger partial charge in [0.1, 0.15) is 18.2 Å². The molecule has 0 saturated carbocycles. The van der Waals surface area contributed by atoms with E-state index in [-0.39, 0.29) is 18.1 Å². The number of hydrogen-bond donors (Lipinski definition) is 1. The molecule has 0 bridgehead atoms. The SMILES string of the molecule is N#Cc1c(C2CCOC2)cc(-c2cccs2)nc1OCc1ccc(C(=O)O)cc1. The Hall–Kier alpha value is -3.21. The van der Waals surface area contributed by atoms with Crippen LogP contribution in [-0.4, -0.2) is 29.3 Å². The van der Waals surface area contributed by atoms with Crippen LogP contribution in [0.3, 0.4) is 0 Å². The third-order valence-corrected chi connectivity index (χ3v) is 5.74. The number of aromatic nitrogens is 1. The van der Waals surface area contributed by atoms with Crippen LogP contribution in [-0.2, 0) is 11.3 Å². The average Bonchev–Trinajstić information content (AvgIpc) is 3.46. The summed E-state index contributed by atoms with van der Waals surface area (Å²) < 4.78 is 11.5. The topological polar surface area (TPSA) is 92.4 Å². The van der Waals surface area contributed by atoms with Gasteiger partial charge in [0, 0.05) is 12.5 Å². The summed E-state index contributed by atoms with van der Waals surface area (Å²) in [6.07, 6.45) is 0.860. The van der Waals surface area contributed by atoms with Gasteiger partial charge >= 0.3 is 5.97 Å². The highest BCUT2D eigenvalue weighted by Crippen LogP contribution is 2.36. The van der Waals surface area contributed by atoms with E-state index in [2.05, 4.69) is 11.1 Å². The zero-order valence-electron chi connectivity index (χ0n) is 15.5. The Bertz CT molecular complexity index is 1050. The number of nitriles is 1. The van der Waals surface area contributed by atoms with Gasteiger partial charge in [0.25, 0.3) is 0 Å². The number of ether oxygens (including phenoxy) is 2. The maximum absolute atomic E-state index is 11.0. The maximum atomic E-state index is 11.0. The first-order chi connectivity index (χ1) is 14.2. The van der Waals surface area contributed by atoms with Gasteiger partial charge in [0.05, 0.1) is 22.7 Å². The summed E-state index contributed by atoms with van der Waals surface area (Å²) in [5.41, 5.74) is 3.13. The van der Waals surface area contributed by atoms with Gasteiger partial charge in [-0.25, -0.2) is 9.78 Å². The first-order valence-corrected chi connectivity index (χ1v) is 10.1. The number of rotatable bonds is 6. The normalized spacial score (nSPS) is 15.8. The lowest BCUT2D eigenvalue weighted by Crippen LogP contribution is -2.07. The monoisotopic (exact) mass is 406 g/mol. The van der Waals surface area contributed by atoms with E-state index < -0.39 is 5.97 Å². The van der Waals surface area contributed by atoms with Crippen LogP contribution in [0.25, 0.3) is 10.6 Å². The van der Waals surface area contributed by atoms with Crippen molar-refractivity contribution in [2.24, 2.45) is 0 Å². The first-order valence-electron chi connectivity index (χ1n) is 9.17. The van der Waals surface area contributed by atoms with Crippen LogP contribution < -0.4 is 4.74 Å². The second kappa shape index (κ2) is 8.43. The minimum Gasteiger partial charge on any atom is -0.478 e. The molecule has 1 N–H and O–H groups in total. The van der Waals surface area contributed by atoms with E-state index in [4.69, 9.17) is 14.6 Å². The molecule has 3 aromatic rings. The van der Waals surface area contributed by atoms with Crippen LogP contribution in [0.1, 0.15) is 39.4 Å². The number of carboxylic acid groups (broad SMARTS) is 1. The van der Waals surface area contributed by atoms with Crippen molar-refractivity contribution < 1.29 is 19.4 Å². The molecule has 0 spiro atoms. The summed E-state index contributed by atoms with van der Waals surface area (Å²) in [6, 6.07) is 14.6. The summed E-state index contributed by atoms with van der Waals surface area (Å²) in [6.45, 7) is 1.45. The number of thiophene rings is 1. The molecule has 1 fully saturated rings. The van der Waals surface area contributed by atoms with E-state index in [1.54, 1.807) is 23.5 Å². The van der Waals surface area contributed by atoms with Crippen LogP contribution in [0.15, 0.2) is 47.8 Å². The molecule has 1 atom stereocenters. The molecule has 29 heavy (non-hydrogen) atoms. The Morgan fingerprint density at radius 1 is 1.34 bits per heavy atom. The lowest BCUT2D eigenvalue weighted by molar-refractivity contribution is 0.0697.